The molecule has 3 rings (SSSR count). The maximum atomic E-state index is 11.4. The van der Waals surface area contributed by atoms with Crippen LogP contribution in [0.15, 0.2) is 24.7 Å². The smallest absolute Gasteiger partial charge is 0.219 e. The molecule has 128 valence electrons. The lowest BCUT2D eigenvalue weighted by atomic mass is 9.92. The number of carbonyl (C=O) groups is 1. The van der Waals surface area contributed by atoms with Crippen molar-refractivity contribution in [3.05, 3.63) is 30.4 Å². The fourth-order valence-electron chi connectivity index (χ4n) is 3.33. The molecule has 1 aliphatic heterocycles. The number of piperidine rings is 1. The van der Waals surface area contributed by atoms with Gasteiger partial charge in [-0.1, -0.05) is 0 Å². The van der Waals surface area contributed by atoms with Crippen LogP contribution in [0.3, 0.4) is 0 Å². The van der Waals surface area contributed by atoms with Crippen molar-refractivity contribution in [2.75, 3.05) is 13.1 Å². The summed E-state index contributed by atoms with van der Waals surface area (Å²) in [5.41, 5.74) is 3.02. The molecule has 0 aromatic carbocycles. The molecular formula is C18H25N5O. The second-order valence-electron chi connectivity index (χ2n) is 6.80. The summed E-state index contributed by atoms with van der Waals surface area (Å²) in [7, 11) is 0. The van der Waals surface area contributed by atoms with Crippen LogP contribution in [0.1, 0.15) is 45.3 Å². The second-order valence-corrected chi connectivity index (χ2v) is 6.80. The van der Waals surface area contributed by atoms with Gasteiger partial charge in [-0.05, 0) is 51.2 Å². The summed E-state index contributed by atoms with van der Waals surface area (Å²) in [6.07, 6.45) is 6.49. The van der Waals surface area contributed by atoms with E-state index in [9.17, 15) is 4.79 Å². The van der Waals surface area contributed by atoms with Gasteiger partial charge < -0.3 is 4.90 Å². The average Bonchev–Trinajstić information content (AvgIpc) is 3.05. The normalized spacial score (nSPS) is 15.9. The zero-order chi connectivity index (χ0) is 17.1. The minimum atomic E-state index is 0.180. The van der Waals surface area contributed by atoms with Crippen LogP contribution in [0.4, 0.5) is 0 Å². The van der Waals surface area contributed by atoms with Gasteiger partial charge in [0.15, 0.2) is 0 Å². The van der Waals surface area contributed by atoms with E-state index < -0.39 is 0 Å². The molecular weight excluding hydrogens is 302 g/mol. The first-order chi connectivity index (χ1) is 11.5. The van der Waals surface area contributed by atoms with Crippen molar-refractivity contribution in [3.63, 3.8) is 0 Å². The molecule has 1 fully saturated rings. The lowest BCUT2D eigenvalue weighted by molar-refractivity contribution is -0.130. The molecule has 24 heavy (non-hydrogen) atoms. The number of aromatic nitrogens is 4. The van der Waals surface area contributed by atoms with E-state index >= 15 is 0 Å². The average molecular weight is 327 g/mol. The van der Waals surface area contributed by atoms with E-state index in [0.717, 1.165) is 49.4 Å². The van der Waals surface area contributed by atoms with Gasteiger partial charge in [0.2, 0.25) is 5.91 Å². The minimum Gasteiger partial charge on any atom is -0.343 e. The lowest BCUT2D eigenvalue weighted by Crippen LogP contribution is -2.37. The van der Waals surface area contributed by atoms with E-state index in [2.05, 4.69) is 35.0 Å². The molecule has 0 atom stereocenters. The number of hydrogen-bond acceptors (Lipinski definition) is 4. The molecule has 2 aromatic heterocycles. The van der Waals surface area contributed by atoms with Gasteiger partial charge in [-0.2, -0.15) is 5.10 Å². The standard InChI is InChI=1S/C18H25N5O/c1-13(2)23-18(4-7-21-23)17-11-16(19-12-20-17)10-15-5-8-22(9-6-15)14(3)24/h4,7,11-13,15H,5-6,8-10H2,1-3H3. The highest BCUT2D eigenvalue weighted by Gasteiger charge is 2.21. The quantitative estimate of drug-likeness (QED) is 0.866. The van der Waals surface area contributed by atoms with Gasteiger partial charge in [-0.3, -0.25) is 9.48 Å². The molecule has 3 heterocycles. The molecule has 0 unspecified atom stereocenters. The third-order valence-corrected chi connectivity index (χ3v) is 4.70. The lowest BCUT2D eigenvalue weighted by Gasteiger charge is -2.31. The molecule has 2 aromatic rings. The van der Waals surface area contributed by atoms with Crippen molar-refractivity contribution in [2.45, 2.75) is 46.1 Å². The molecule has 1 amide bonds. The van der Waals surface area contributed by atoms with Crippen molar-refractivity contribution in [1.82, 2.24) is 24.6 Å². The number of carbonyl (C=O) groups excluding carboxylic acids is 1. The first-order valence-electron chi connectivity index (χ1n) is 8.65. The number of amides is 1. The molecule has 0 saturated carbocycles. The maximum absolute atomic E-state index is 11.4. The molecule has 6 heteroatoms. The van der Waals surface area contributed by atoms with Gasteiger partial charge >= 0.3 is 0 Å². The molecule has 0 bridgehead atoms. The van der Waals surface area contributed by atoms with Crippen molar-refractivity contribution < 1.29 is 4.79 Å². The fourth-order valence-corrected chi connectivity index (χ4v) is 3.33. The summed E-state index contributed by atoms with van der Waals surface area (Å²) in [6, 6.07) is 4.37. The first-order valence-corrected chi connectivity index (χ1v) is 8.65. The molecule has 0 aliphatic carbocycles. The predicted octanol–water partition coefficient (Wildman–Crippen LogP) is 2.72. The molecule has 1 aliphatic rings. The van der Waals surface area contributed by atoms with Gasteiger partial charge in [-0.25, -0.2) is 9.97 Å². The molecule has 1 saturated heterocycles. The Bertz CT molecular complexity index is 701. The van der Waals surface area contributed by atoms with E-state index in [0.29, 0.717) is 12.0 Å². The van der Waals surface area contributed by atoms with Crippen LogP contribution in [0.2, 0.25) is 0 Å². The molecule has 0 N–H and O–H groups in total. The highest BCUT2D eigenvalue weighted by Crippen LogP contribution is 2.24. The van der Waals surface area contributed by atoms with Crippen molar-refractivity contribution in [2.24, 2.45) is 5.92 Å². The van der Waals surface area contributed by atoms with Crippen molar-refractivity contribution >= 4 is 5.91 Å². The van der Waals surface area contributed by atoms with Crippen LogP contribution in [0.5, 0.6) is 0 Å². The Morgan fingerprint density at radius 2 is 2.04 bits per heavy atom. The number of hydrogen-bond donors (Lipinski definition) is 0. The topological polar surface area (TPSA) is 63.9 Å². The Morgan fingerprint density at radius 3 is 2.71 bits per heavy atom. The van der Waals surface area contributed by atoms with Crippen LogP contribution >= 0.6 is 0 Å². The Morgan fingerprint density at radius 1 is 1.29 bits per heavy atom. The third kappa shape index (κ3) is 3.63. The largest absolute Gasteiger partial charge is 0.343 e. The van der Waals surface area contributed by atoms with Crippen LogP contribution in [-0.2, 0) is 11.2 Å². The maximum Gasteiger partial charge on any atom is 0.219 e. The third-order valence-electron chi connectivity index (χ3n) is 4.70. The second kappa shape index (κ2) is 7.11. The fraction of sp³-hybridized carbons (Fsp3) is 0.556. The van der Waals surface area contributed by atoms with E-state index in [1.807, 2.05) is 21.8 Å². The van der Waals surface area contributed by atoms with E-state index in [1.54, 1.807) is 13.3 Å². The van der Waals surface area contributed by atoms with Crippen LogP contribution in [0.25, 0.3) is 11.4 Å². The zero-order valence-electron chi connectivity index (χ0n) is 14.6. The highest BCUT2D eigenvalue weighted by atomic mass is 16.2. The van der Waals surface area contributed by atoms with E-state index in [4.69, 9.17) is 0 Å². The monoisotopic (exact) mass is 327 g/mol. The SMILES string of the molecule is CC(=O)N1CCC(Cc2cc(-c3ccnn3C(C)C)ncn2)CC1. The minimum absolute atomic E-state index is 0.180. The number of likely N-dealkylation sites (tertiary alicyclic amines) is 1. The Hall–Kier alpha value is -2.24. The highest BCUT2D eigenvalue weighted by molar-refractivity contribution is 5.73. The van der Waals surface area contributed by atoms with Gasteiger partial charge in [0.25, 0.3) is 0 Å². The summed E-state index contributed by atoms with van der Waals surface area (Å²) in [5, 5.41) is 4.38. The zero-order valence-corrected chi connectivity index (χ0v) is 14.6. The number of rotatable bonds is 4. The van der Waals surface area contributed by atoms with Crippen LogP contribution < -0.4 is 0 Å². The summed E-state index contributed by atoms with van der Waals surface area (Å²) >= 11 is 0. The number of nitrogens with zero attached hydrogens (tertiary/aromatic N) is 5. The summed E-state index contributed by atoms with van der Waals surface area (Å²) in [6.45, 7) is 7.59. The Kier molecular flexibility index (Phi) is 4.92. The van der Waals surface area contributed by atoms with E-state index in [-0.39, 0.29) is 5.91 Å². The van der Waals surface area contributed by atoms with Gasteiger partial charge in [-0.15, -0.1) is 0 Å². The van der Waals surface area contributed by atoms with Gasteiger partial charge in [0.1, 0.15) is 6.33 Å². The van der Waals surface area contributed by atoms with Gasteiger partial charge in [0, 0.05) is 37.9 Å². The first kappa shape index (κ1) is 16.6. The Labute approximate surface area is 142 Å². The Balaban J connectivity index is 1.70. The van der Waals surface area contributed by atoms with Crippen molar-refractivity contribution in [1.29, 1.82) is 0 Å². The van der Waals surface area contributed by atoms with Crippen LogP contribution in [-0.4, -0.2) is 43.6 Å². The van der Waals surface area contributed by atoms with Gasteiger partial charge in [0.05, 0.1) is 11.4 Å². The predicted molar refractivity (Wildman–Crippen MR) is 92.3 cm³/mol. The van der Waals surface area contributed by atoms with Crippen molar-refractivity contribution in [3.8, 4) is 11.4 Å². The summed E-state index contributed by atoms with van der Waals surface area (Å²) in [4.78, 5) is 22.2. The van der Waals surface area contributed by atoms with E-state index in [1.165, 1.54) is 0 Å². The van der Waals surface area contributed by atoms with Crippen LogP contribution in [0, 0.1) is 5.92 Å². The summed E-state index contributed by atoms with van der Waals surface area (Å²) < 4.78 is 1.98. The molecule has 0 spiro atoms. The summed E-state index contributed by atoms with van der Waals surface area (Å²) in [5.74, 6) is 0.762. The molecule has 0 radical (unpaired) electrons. The molecule has 6 nitrogen and oxygen atoms in total.